The molecule has 1 aromatic carbocycles. The maximum atomic E-state index is 12.7. The Morgan fingerprint density at radius 2 is 1.74 bits per heavy atom. The molecule has 0 spiro atoms. The number of hydrogen-bond donors (Lipinski definition) is 4. The lowest BCUT2D eigenvalue weighted by Gasteiger charge is -2.27. The fraction of sp³-hybridized carbons (Fsp3) is 0.500. The van der Waals surface area contributed by atoms with Crippen LogP contribution in [0.15, 0.2) is 42.9 Å². The number of amides is 1. The van der Waals surface area contributed by atoms with Crippen molar-refractivity contribution in [1.29, 1.82) is 0 Å². The first-order valence-electron chi connectivity index (χ1n) is 11.8. The minimum Gasteiger partial charge on any atom is -0.455 e. The fourth-order valence-electron chi connectivity index (χ4n) is 3.72. The molecule has 1 aromatic heterocycles. The van der Waals surface area contributed by atoms with E-state index in [4.69, 9.17) is 19.9 Å². The summed E-state index contributed by atoms with van der Waals surface area (Å²) >= 11 is 0. The van der Waals surface area contributed by atoms with Crippen LogP contribution in [-0.4, -0.2) is 58.5 Å². The standard InChI is InChI=1S/C24H33N5O6/c1-3-8-17(30)33-19-20(22(25)27-12-15-10-6-5-7-11-15)35-24(21(19)34-18(31)9-4-2)29-23(32)16-13-26-14-28-16/h5-7,10-11,13-14,19-22,24,27H,3-4,8-9,12,25H2,1-2H3,(H,26,28)(H,29,32)/t19-,20+,21-,22?,24-/m1/s1. The highest BCUT2D eigenvalue weighted by atomic mass is 16.6. The number of imidazole rings is 1. The zero-order valence-corrected chi connectivity index (χ0v) is 19.9. The topological polar surface area (TPSA) is 158 Å². The number of nitrogens with two attached hydrogens (primary N) is 1. The molecule has 1 saturated heterocycles. The second kappa shape index (κ2) is 13.0. The molecule has 0 radical (unpaired) electrons. The summed E-state index contributed by atoms with van der Waals surface area (Å²) in [6.45, 7) is 4.12. The first-order valence-corrected chi connectivity index (χ1v) is 11.8. The van der Waals surface area contributed by atoms with Gasteiger partial charge in [0.05, 0.1) is 12.5 Å². The Morgan fingerprint density at radius 1 is 1.09 bits per heavy atom. The maximum Gasteiger partial charge on any atom is 0.306 e. The fourth-order valence-corrected chi connectivity index (χ4v) is 3.72. The van der Waals surface area contributed by atoms with Gasteiger partial charge in [-0.05, 0) is 18.4 Å². The van der Waals surface area contributed by atoms with Gasteiger partial charge in [-0.1, -0.05) is 44.2 Å². The third-order valence-electron chi connectivity index (χ3n) is 5.44. The number of H-pyrrole nitrogens is 1. The van der Waals surface area contributed by atoms with Gasteiger partial charge in [0.15, 0.2) is 18.4 Å². The van der Waals surface area contributed by atoms with Crippen molar-refractivity contribution in [2.45, 2.75) is 76.8 Å². The Morgan fingerprint density at radius 3 is 2.34 bits per heavy atom. The van der Waals surface area contributed by atoms with Crippen LogP contribution in [0, 0.1) is 0 Å². The van der Waals surface area contributed by atoms with Crippen molar-refractivity contribution in [1.82, 2.24) is 20.6 Å². The van der Waals surface area contributed by atoms with Crippen LogP contribution in [0.25, 0.3) is 0 Å². The molecular formula is C24H33N5O6. The molecule has 1 aliphatic heterocycles. The van der Waals surface area contributed by atoms with E-state index < -0.39 is 48.6 Å². The second-order valence-corrected chi connectivity index (χ2v) is 8.25. The van der Waals surface area contributed by atoms with Gasteiger partial charge < -0.3 is 30.2 Å². The number of ether oxygens (including phenoxy) is 3. The number of benzene rings is 1. The summed E-state index contributed by atoms with van der Waals surface area (Å²) in [4.78, 5) is 44.2. The number of aromatic amines is 1. The Kier molecular flexibility index (Phi) is 9.76. The van der Waals surface area contributed by atoms with E-state index in [0.29, 0.717) is 19.4 Å². The second-order valence-electron chi connectivity index (χ2n) is 8.25. The van der Waals surface area contributed by atoms with Gasteiger partial charge in [-0.25, -0.2) is 4.98 Å². The van der Waals surface area contributed by atoms with Crippen LogP contribution in [0.2, 0.25) is 0 Å². The van der Waals surface area contributed by atoms with Gasteiger partial charge in [-0.3, -0.25) is 19.7 Å². The summed E-state index contributed by atoms with van der Waals surface area (Å²) in [6.07, 6.45) is -0.647. The van der Waals surface area contributed by atoms with Gasteiger partial charge in [-0.15, -0.1) is 0 Å². The van der Waals surface area contributed by atoms with Gasteiger partial charge in [-0.2, -0.15) is 0 Å². The van der Waals surface area contributed by atoms with E-state index in [-0.39, 0.29) is 18.5 Å². The largest absolute Gasteiger partial charge is 0.455 e. The van der Waals surface area contributed by atoms with Crippen molar-refractivity contribution in [2.75, 3.05) is 0 Å². The Hall–Kier alpha value is -3.28. The molecule has 190 valence electrons. The quantitative estimate of drug-likeness (QED) is 0.256. The van der Waals surface area contributed by atoms with Crippen LogP contribution >= 0.6 is 0 Å². The van der Waals surface area contributed by atoms with Crippen molar-refractivity contribution in [3.8, 4) is 0 Å². The van der Waals surface area contributed by atoms with Crippen molar-refractivity contribution in [3.05, 3.63) is 54.1 Å². The first-order chi connectivity index (χ1) is 16.9. The molecule has 2 aromatic rings. The smallest absolute Gasteiger partial charge is 0.306 e. The molecule has 2 heterocycles. The number of carbonyl (C=O) groups is 3. The molecule has 35 heavy (non-hydrogen) atoms. The SMILES string of the molecule is CCCC(=O)O[C@@H]1[C@H](OC(=O)CCC)[C@@H](C(N)NCc2ccccc2)O[C@H]1NC(=O)c1c[nH]cn1. The molecule has 0 saturated carbocycles. The highest BCUT2D eigenvalue weighted by Gasteiger charge is 2.52. The van der Waals surface area contributed by atoms with E-state index in [1.807, 2.05) is 44.2 Å². The zero-order valence-electron chi connectivity index (χ0n) is 19.9. The van der Waals surface area contributed by atoms with E-state index in [1.165, 1.54) is 12.5 Å². The Labute approximate surface area is 204 Å². The van der Waals surface area contributed by atoms with Gasteiger partial charge in [0.1, 0.15) is 11.8 Å². The highest BCUT2D eigenvalue weighted by molar-refractivity contribution is 5.92. The van der Waals surface area contributed by atoms with E-state index in [0.717, 1.165) is 5.56 Å². The van der Waals surface area contributed by atoms with Crippen molar-refractivity contribution in [2.24, 2.45) is 5.73 Å². The summed E-state index contributed by atoms with van der Waals surface area (Å²) in [5.74, 6) is -1.52. The van der Waals surface area contributed by atoms with Crippen LogP contribution in [0.1, 0.15) is 55.6 Å². The third-order valence-corrected chi connectivity index (χ3v) is 5.44. The first kappa shape index (κ1) is 26.3. The molecule has 11 heteroatoms. The van der Waals surface area contributed by atoms with Crippen LogP contribution in [0.3, 0.4) is 0 Å². The maximum absolute atomic E-state index is 12.7. The summed E-state index contributed by atoms with van der Waals surface area (Å²) in [5.41, 5.74) is 7.53. The Bertz CT molecular complexity index is 955. The highest BCUT2D eigenvalue weighted by Crippen LogP contribution is 2.28. The average molecular weight is 488 g/mol. The van der Waals surface area contributed by atoms with E-state index in [1.54, 1.807) is 0 Å². The summed E-state index contributed by atoms with van der Waals surface area (Å²) in [6, 6.07) is 9.61. The molecule has 5 atom stereocenters. The lowest BCUT2D eigenvalue weighted by Crippen LogP contribution is -2.53. The van der Waals surface area contributed by atoms with Gasteiger partial charge in [0.2, 0.25) is 0 Å². The molecule has 1 aliphatic rings. The zero-order chi connectivity index (χ0) is 25.2. The average Bonchev–Trinajstić information content (AvgIpc) is 3.48. The van der Waals surface area contributed by atoms with Gasteiger partial charge >= 0.3 is 11.9 Å². The Balaban J connectivity index is 1.82. The lowest BCUT2D eigenvalue weighted by atomic mass is 10.1. The number of hydrogen-bond acceptors (Lipinski definition) is 9. The minimum atomic E-state index is -1.10. The predicted molar refractivity (Wildman–Crippen MR) is 126 cm³/mol. The van der Waals surface area contributed by atoms with E-state index in [2.05, 4.69) is 20.6 Å². The molecule has 1 unspecified atom stereocenters. The van der Waals surface area contributed by atoms with Crippen molar-refractivity contribution < 1.29 is 28.6 Å². The molecule has 3 rings (SSSR count). The number of carbonyl (C=O) groups excluding carboxylic acids is 3. The van der Waals surface area contributed by atoms with Crippen LogP contribution in [0.5, 0.6) is 0 Å². The van der Waals surface area contributed by atoms with Crippen LogP contribution < -0.4 is 16.4 Å². The summed E-state index contributed by atoms with van der Waals surface area (Å²) < 4.78 is 17.4. The van der Waals surface area contributed by atoms with Gasteiger partial charge in [0.25, 0.3) is 5.91 Å². The van der Waals surface area contributed by atoms with Crippen LogP contribution in [-0.2, 0) is 30.3 Å². The number of esters is 2. The molecule has 11 nitrogen and oxygen atoms in total. The summed E-state index contributed by atoms with van der Waals surface area (Å²) in [5, 5.41) is 5.84. The lowest BCUT2D eigenvalue weighted by molar-refractivity contribution is -0.167. The molecule has 0 bridgehead atoms. The minimum absolute atomic E-state index is 0.127. The number of rotatable bonds is 12. The molecule has 5 N–H and O–H groups in total. The summed E-state index contributed by atoms with van der Waals surface area (Å²) in [7, 11) is 0. The monoisotopic (exact) mass is 487 g/mol. The van der Waals surface area contributed by atoms with Crippen molar-refractivity contribution in [3.63, 3.8) is 0 Å². The molecular weight excluding hydrogens is 454 g/mol. The third kappa shape index (κ3) is 7.35. The van der Waals surface area contributed by atoms with E-state index >= 15 is 0 Å². The number of nitrogens with one attached hydrogen (secondary N) is 3. The molecule has 1 fully saturated rings. The molecule has 0 aliphatic carbocycles. The van der Waals surface area contributed by atoms with E-state index in [9.17, 15) is 14.4 Å². The van der Waals surface area contributed by atoms with Crippen molar-refractivity contribution >= 4 is 17.8 Å². The van der Waals surface area contributed by atoms with Gasteiger partial charge in [0, 0.05) is 25.6 Å². The number of aromatic nitrogens is 2. The molecule has 1 amide bonds. The normalized spacial score (nSPS) is 22.4. The van der Waals surface area contributed by atoms with Crippen LogP contribution in [0.4, 0.5) is 0 Å². The number of nitrogens with zero attached hydrogens (tertiary/aromatic N) is 1. The predicted octanol–water partition coefficient (Wildman–Crippen LogP) is 1.36.